The number of hydrogen-bond donors (Lipinski definition) is 5. The molecule has 0 aliphatic heterocycles. The van der Waals surface area contributed by atoms with Crippen molar-refractivity contribution in [2.24, 2.45) is 11.5 Å². The Balaban J connectivity index is 1.91. The molecule has 0 aliphatic carbocycles. The molecule has 1 atom stereocenters. The first kappa shape index (κ1) is 22.4. The number of aliphatic carboxylic acids is 1. The lowest BCUT2D eigenvalue weighted by molar-refractivity contribution is -0.144. The summed E-state index contributed by atoms with van der Waals surface area (Å²) >= 11 is 0. The summed E-state index contributed by atoms with van der Waals surface area (Å²) in [6.07, 6.45) is -1.03. The largest absolute Gasteiger partial charge is 0.489 e. The summed E-state index contributed by atoms with van der Waals surface area (Å²) in [5.41, 5.74) is 14.6. The summed E-state index contributed by atoms with van der Waals surface area (Å²) < 4.78 is 11.4. The van der Waals surface area contributed by atoms with Crippen LogP contribution in [-0.4, -0.2) is 28.9 Å². The van der Waals surface area contributed by atoms with Gasteiger partial charge in [0.1, 0.15) is 29.8 Å². The molecule has 0 heterocycles. The summed E-state index contributed by atoms with van der Waals surface area (Å²) in [5.74, 6) is -0.156. The number of rotatable bonds is 9. The molecule has 3 aromatic rings. The molecular weight excluding hydrogens is 408 g/mol. The summed E-state index contributed by atoms with van der Waals surface area (Å²) in [7, 11) is 0. The zero-order chi connectivity index (χ0) is 23.3. The zero-order valence-corrected chi connectivity index (χ0v) is 17.5. The third-order valence-electron chi connectivity index (χ3n) is 4.70. The van der Waals surface area contributed by atoms with E-state index in [9.17, 15) is 9.90 Å². The molecule has 7 N–H and O–H groups in total. The van der Waals surface area contributed by atoms with E-state index in [1.54, 1.807) is 54.6 Å². The van der Waals surface area contributed by atoms with E-state index in [-0.39, 0.29) is 18.3 Å². The van der Waals surface area contributed by atoms with Gasteiger partial charge in [0.05, 0.1) is 0 Å². The first-order valence-corrected chi connectivity index (χ1v) is 9.78. The Morgan fingerprint density at radius 2 is 1.59 bits per heavy atom. The van der Waals surface area contributed by atoms with Crippen molar-refractivity contribution in [1.29, 1.82) is 10.8 Å². The van der Waals surface area contributed by atoms with Gasteiger partial charge in [-0.15, -0.1) is 0 Å². The number of nitrogens with two attached hydrogens (primary N) is 2. The van der Waals surface area contributed by atoms with Crippen molar-refractivity contribution in [3.8, 4) is 22.6 Å². The van der Waals surface area contributed by atoms with Gasteiger partial charge in [0, 0.05) is 11.1 Å². The molecule has 0 saturated heterocycles. The van der Waals surface area contributed by atoms with Gasteiger partial charge in [-0.25, -0.2) is 4.79 Å². The molecule has 0 amide bonds. The molecule has 32 heavy (non-hydrogen) atoms. The van der Waals surface area contributed by atoms with Crippen LogP contribution < -0.4 is 20.9 Å². The third-order valence-corrected chi connectivity index (χ3v) is 4.70. The Bertz CT molecular complexity index is 1160. The first-order valence-electron chi connectivity index (χ1n) is 9.78. The van der Waals surface area contributed by atoms with Crippen molar-refractivity contribution >= 4 is 17.6 Å². The van der Waals surface area contributed by atoms with E-state index in [4.69, 9.17) is 31.8 Å². The second kappa shape index (κ2) is 9.65. The van der Waals surface area contributed by atoms with Gasteiger partial charge >= 0.3 is 5.97 Å². The molecule has 1 unspecified atom stereocenters. The van der Waals surface area contributed by atoms with E-state index in [1.807, 2.05) is 12.1 Å². The maximum atomic E-state index is 11.2. The molecule has 0 aromatic heterocycles. The van der Waals surface area contributed by atoms with Crippen molar-refractivity contribution < 1.29 is 19.4 Å². The van der Waals surface area contributed by atoms with Crippen LogP contribution in [0.4, 0.5) is 0 Å². The highest BCUT2D eigenvalue weighted by atomic mass is 16.5. The van der Waals surface area contributed by atoms with Crippen LogP contribution in [0.5, 0.6) is 11.5 Å². The van der Waals surface area contributed by atoms with Gasteiger partial charge in [0.15, 0.2) is 6.10 Å². The van der Waals surface area contributed by atoms with Crippen molar-refractivity contribution in [2.45, 2.75) is 19.6 Å². The number of nitrogens with one attached hydrogen (secondary N) is 2. The average molecular weight is 432 g/mol. The summed E-state index contributed by atoms with van der Waals surface area (Å²) in [4.78, 5) is 11.2. The van der Waals surface area contributed by atoms with E-state index in [1.165, 1.54) is 6.92 Å². The summed E-state index contributed by atoms with van der Waals surface area (Å²) in [6.45, 7) is 1.66. The number of benzene rings is 3. The van der Waals surface area contributed by atoms with Crippen molar-refractivity contribution in [3.05, 3.63) is 83.4 Å². The molecule has 3 aromatic carbocycles. The maximum absolute atomic E-state index is 11.2. The predicted octanol–water partition coefficient (Wildman–Crippen LogP) is 3.35. The number of amidine groups is 2. The highest BCUT2D eigenvalue weighted by Crippen LogP contribution is 2.28. The number of carboxylic acids is 1. The van der Waals surface area contributed by atoms with E-state index in [2.05, 4.69) is 0 Å². The SMILES string of the molecule is CC(Oc1cc(COc2ccc(C(=N)N)cc2)cc(-c2cccc(C(=N)N)c2)c1)C(=O)O. The Hall–Kier alpha value is -4.33. The van der Waals surface area contributed by atoms with Crippen LogP contribution in [0.3, 0.4) is 0 Å². The predicted molar refractivity (Wildman–Crippen MR) is 122 cm³/mol. The van der Waals surface area contributed by atoms with Crippen LogP contribution in [0, 0.1) is 10.8 Å². The molecule has 0 bridgehead atoms. The molecular formula is C24H24N4O4. The Labute approximate surface area is 185 Å². The fourth-order valence-electron chi connectivity index (χ4n) is 3.00. The van der Waals surface area contributed by atoms with Gasteiger partial charge < -0.3 is 26.0 Å². The number of carboxylic acid groups (broad SMARTS) is 1. The molecule has 8 nitrogen and oxygen atoms in total. The minimum absolute atomic E-state index is 0.0219. The van der Waals surface area contributed by atoms with Crippen LogP contribution >= 0.6 is 0 Å². The standard InChI is InChI=1S/C24H24N4O4/c1-14(24(29)30)32-21-10-15(13-31-20-7-5-16(6-8-20)22(25)26)9-19(12-21)17-3-2-4-18(11-17)23(27)28/h2-12,14H,13H2,1H3,(H3,25,26)(H3,27,28)(H,29,30). The fraction of sp³-hybridized carbons (Fsp3) is 0.125. The average Bonchev–Trinajstić information content (AvgIpc) is 2.77. The second-order valence-corrected chi connectivity index (χ2v) is 7.19. The first-order chi connectivity index (χ1) is 15.2. The second-order valence-electron chi connectivity index (χ2n) is 7.19. The Morgan fingerprint density at radius 3 is 2.22 bits per heavy atom. The fourth-order valence-corrected chi connectivity index (χ4v) is 3.00. The van der Waals surface area contributed by atoms with Crippen LogP contribution in [0.15, 0.2) is 66.7 Å². The van der Waals surface area contributed by atoms with Gasteiger partial charge in [-0.2, -0.15) is 0 Å². The van der Waals surface area contributed by atoms with Gasteiger partial charge in [-0.3, -0.25) is 10.8 Å². The van der Waals surface area contributed by atoms with Crippen LogP contribution in [0.1, 0.15) is 23.6 Å². The lowest BCUT2D eigenvalue weighted by atomic mass is 10.0. The van der Waals surface area contributed by atoms with Crippen molar-refractivity contribution in [1.82, 2.24) is 0 Å². The smallest absolute Gasteiger partial charge is 0.344 e. The van der Waals surface area contributed by atoms with Gasteiger partial charge in [0.25, 0.3) is 0 Å². The van der Waals surface area contributed by atoms with Gasteiger partial charge in [-0.05, 0) is 72.1 Å². The number of hydrogen-bond acceptors (Lipinski definition) is 5. The normalized spacial score (nSPS) is 11.4. The van der Waals surface area contributed by atoms with Crippen LogP contribution in [0.2, 0.25) is 0 Å². The highest BCUT2D eigenvalue weighted by molar-refractivity contribution is 5.96. The summed E-state index contributed by atoms with van der Waals surface area (Å²) in [6, 6.07) is 19.4. The quantitative estimate of drug-likeness (QED) is 0.258. The Kier molecular flexibility index (Phi) is 6.74. The monoisotopic (exact) mass is 432 g/mol. The third kappa shape index (κ3) is 5.63. The molecule has 0 fully saturated rings. The van der Waals surface area contributed by atoms with E-state index < -0.39 is 12.1 Å². The molecule has 0 aliphatic rings. The van der Waals surface area contributed by atoms with Gasteiger partial charge in [-0.1, -0.05) is 18.2 Å². The van der Waals surface area contributed by atoms with Crippen molar-refractivity contribution in [3.63, 3.8) is 0 Å². The Morgan fingerprint density at radius 1 is 0.906 bits per heavy atom. The topological polar surface area (TPSA) is 156 Å². The number of nitrogen functional groups attached to an aromatic ring is 2. The van der Waals surface area contributed by atoms with E-state index in [0.717, 1.165) is 16.7 Å². The lowest BCUT2D eigenvalue weighted by Gasteiger charge is -2.15. The molecule has 3 rings (SSSR count). The van der Waals surface area contributed by atoms with E-state index in [0.29, 0.717) is 22.6 Å². The minimum Gasteiger partial charge on any atom is -0.489 e. The van der Waals surface area contributed by atoms with Crippen LogP contribution in [0.25, 0.3) is 11.1 Å². The lowest BCUT2D eigenvalue weighted by Crippen LogP contribution is -2.23. The maximum Gasteiger partial charge on any atom is 0.344 e. The number of carbonyl (C=O) groups is 1. The zero-order valence-electron chi connectivity index (χ0n) is 17.5. The summed E-state index contributed by atoms with van der Waals surface area (Å²) in [5, 5.41) is 24.3. The molecule has 0 spiro atoms. The molecule has 8 heteroatoms. The highest BCUT2D eigenvalue weighted by Gasteiger charge is 2.14. The molecule has 0 radical (unpaired) electrons. The van der Waals surface area contributed by atoms with Crippen LogP contribution in [-0.2, 0) is 11.4 Å². The van der Waals surface area contributed by atoms with Crippen molar-refractivity contribution in [2.75, 3.05) is 0 Å². The molecule has 0 saturated carbocycles. The van der Waals surface area contributed by atoms with Gasteiger partial charge in [0.2, 0.25) is 0 Å². The van der Waals surface area contributed by atoms with E-state index >= 15 is 0 Å². The number of ether oxygens (including phenoxy) is 2. The minimum atomic E-state index is -1.07. The molecule has 164 valence electrons.